The Hall–Kier alpha value is -1.81. The summed E-state index contributed by atoms with van der Waals surface area (Å²) in [4.78, 5) is 21.0. The monoisotopic (exact) mass is 410 g/mol. The van der Waals surface area contributed by atoms with E-state index < -0.39 is 10.0 Å². The van der Waals surface area contributed by atoms with Crippen molar-refractivity contribution < 1.29 is 8.42 Å². The fourth-order valence-electron chi connectivity index (χ4n) is 3.16. The maximum Gasteiger partial charge on any atom is 0.263 e. The van der Waals surface area contributed by atoms with Gasteiger partial charge >= 0.3 is 0 Å². The Balaban J connectivity index is 1.56. The van der Waals surface area contributed by atoms with Crippen LogP contribution in [-0.2, 0) is 10.0 Å². The number of rotatable bonds is 3. The molecule has 0 aromatic carbocycles. The molecule has 3 aromatic heterocycles. The van der Waals surface area contributed by atoms with Gasteiger partial charge in [0, 0.05) is 25.3 Å². The first-order valence-electron chi connectivity index (χ1n) is 8.04. The molecule has 7 nitrogen and oxygen atoms in total. The van der Waals surface area contributed by atoms with Crippen LogP contribution >= 0.6 is 22.9 Å². The first-order valence-corrected chi connectivity index (χ1v) is 10.7. The Bertz CT molecular complexity index is 1120. The second kappa shape index (κ2) is 6.73. The van der Waals surface area contributed by atoms with Crippen LogP contribution in [0.25, 0.3) is 11.0 Å². The van der Waals surface area contributed by atoms with E-state index in [4.69, 9.17) is 11.6 Å². The van der Waals surface area contributed by atoms with Gasteiger partial charge in [-0.25, -0.2) is 18.4 Å². The molecule has 0 aliphatic carbocycles. The number of thiophene rings is 1. The number of piperidine rings is 1. The Morgan fingerprint density at radius 2 is 1.92 bits per heavy atom. The number of aromatic nitrogens is 3. The van der Waals surface area contributed by atoms with Crippen LogP contribution in [0.3, 0.4) is 0 Å². The summed E-state index contributed by atoms with van der Waals surface area (Å²) in [7, 11) is -3.54. The minimum Gasteiger partial charge on any atom is -0.295 e. The normalized spacial score (nSPS) is 17.0. The van der Waals surface area contributed by atoms with Gasteiger partial charge in [-0.05, 0) is 37.1 Å². The fourth-order valence-corrected chi connectivity index (χ4v) is 6.27. The molecule has 4 rings (SSSR count). The van der Waals surface area contributed by atoms with Gasteiger partial charge in [0.1, 0.15) is 10.5 Å². The Morgan fingerprint density at radius 3 is 2.62 bits per heavy atom. The molecule has 1 aliphatic rings. The highest BCUT2D eigenvalue weighted by molar-refractivity contribution is 7.91. The molecule has 1 saturated heterocycles. The third-order valence-corrected chi connectivity index (χ3v) is 8.11. The van der Waals surface area contributed by atoms with E-state index in [0.29, 0.717) is 41.3 Å². The number of nitrogens with zero attached hydrogens (tertiary/aromatic N) is 4. The first kappa shape index (κ1) is 17.6. The average Bonchev–Trinajstić information content (AvgIpc) is 3.10. The second-order valence-corrected chi connectivity index (χ2v) is 9.91. The van der Waals surface area contributed by atoms with Crippen LogP contribution in [0, 0.1) is 0 Å². The lowest BCUT2D eigenvalue weighted by Gasteiger charge is -2.31. The van der Waals surface area contributed by atoms with Crippen molar-refractivity contribution in [2.75, 3.05) is 13.1 Å². The lowest BCUT2D eigenvalue weighted by atomic mass is 10.1. The van der Waals surface area contributed by atoms with Gasteiger partial charge < -0.3 is 0 Å². The van der Waals surface area contributed by atoms with Gasteiger partial charge in [-0.2, -0.15) is 4.31 Å². The third-order valence-electron chi connectivity index (χ3n) is 4.52. The maximum absolute atomic E-state index is 12.7. The first-order chi connectivity index (χ1) is 12.5. The summed E-state index contributed by atoms with van der Waals surface area (Å²) in [6.07, 6.45) is 4.20. The lowest BCUT2D eigenvalue weighted by Crippen LogP contribution is -2.40. The third kappa shape index (κ3) is 3.05. The molecule has 4 heterocycles. The van der Waals surface area contributed by atoms with Crippen molar-refractivity contribution >= 4 is 44.0 Å². The quantitative estimate of drug-likeness (QED) is 0.662. The summed E-state index contributed by atoms with van der Waals surface area (Å²) >= 11 is 6.91. The highest BCUT2D eigenvalue weighted by Gasteiger charge is 2.31. The molecule has 0 N–H and O–H groups in total. The van der Waals surface area contributed by atoms with E-state index in [1.54, 1.807) is 29.0 Å². The number of hydrogen-bond acceptors (Lipinski definition) is 6. The van der Waals surface area contributed by atoms with Crippen LogP contribution in [0.15, 0.2) is 45.8 Å². The van der Waals surface area contributed by atoms with E-state index in [1.807, 2.05) is 0 Å². The average molecular weight is 411 g/mol. The number of halogens is 1. The van der Waals surface area contributed by atoms with Crippen LogP contribution < -0.4 is 5.56 Å². The van der Waals surface area contributed by atoms with Gasteiger partial charge in [0.15, 0.2) is 5.65 Å². The van der Waals surface area contributed by atoms with E-state index in [-0.39, 0.29) is 15.8 Å². The molecular weight excluding hydrogens is 396 g/mol. The number of sulfonamides is 1. The minimum absolute atomic E-state index is 0.0852. The molecule has 136 valence electrons. The van der Waals surface area contributed by atoms with Gasteiger partial charge in [-0.3, -0.25) is 9.36 Å². The molecule has 3 aromatic rings. The summed E-state index contributed by atoms with van der Waals surface area (Å²) in [6.45, 7) is 0.695. The zero-order chi connectivity index (χ0) is 18.3. The fraction of sp³-hybridized carbons (Fsp3) is 0.312. The molecule has 1 aliphatic heterocycles. The van der Waals surface area contributed by atoms with Crippen molar-refractivity contribution in [3.8, 4) is 0 Å². The van der Waals surface area contributed by atoms with Crippen molar-refractivity contribution in [2.24, 2.45) is 0 Å². The van der Waals surface area contributed by atoms with Crippen molar-refractivity contribution in [2.45, 2.75) is 23.1 Å². The highest BCUT2D eigenvalue weighted by atomic mass is 35.5. The highest BCUT2D eigenvalue weighted by Crippen LogP contribution is 2.31. The summed E-state index contributed by atoms with van der Waals surface area (Å²) in [5, 5.41) is 0.471. The summed E-state index contributed by atoms with van der Waals surface area (Å²) < 4.78 is 29.1. The number of fused-ring (bicyclic) bond motifs is 1. The van der Waals surface area contributed by atoms with Gasteiger partial charge in [-0.1, -0.05) is 11.6 Å². The van der Waals surface area contributed by atoms with Crippen LogP contribution in [0.5, 0.6) is 0 Å². The molecule has 0 radical (unpaired) electrons. The van der Waals surface area contributed by atoms with Gasteiger partial charge in [0.05, 0.1) is 9.72 Å². The minimum atomic E-state index is -3.54. The number of hydrogen-bond donors (Lipinski definition) is 0. The van der Waals surface area contributed by atoms with Gasteiger partial charge in [-0.15, -0.1) is 11.3 Å². The zero-order valence-electron chi connectivity index (χ0n) is 13.6. The molecule has 0 atom stereocenters. The predicted molar refractivity (Wildman–Crippen MR) is 100 cm³/mol. The van der Waals surface area contributed by atoms with Crippen molar-refractivity contribution in [3.63, 3.8) is 0 Å². The van der Waals surface area contributed by atoms with E-state index in [9.17, 15) is 13.2 Å². The Kier molecular flexibility index (Phi) is 4.55. The molecule has 0 spiro atoms. The van der Waals surface area contributed by atoms with E-state index in [1.165, 1.54) is 16.7 Å². The SMILES string of the molecule is O=c1c2cccnc2ncn1C1CCN(S(=O)(=O)c2ccc(Cl)s2)CC1. The molecule has 0 bridgehead atoms. The molecule has 0 amide bonds. The zero-order valence-corrected chi connectivity index (χ0v) is 16.0. The maximum atomic E-state index is 12.7. The van der Waals surface area contributed by atoms with Crippen LogP contribution in [0.4, 0.5) is 0 Å². The molecule has 26 heavy (non-hydrogen) atoms. The second-order valence-electron chi connectivity index (χ2n) is 6.03. The summed E-state index contributed by atoms with van der Waals surface area (Å²) in [6, 6.07) is 6.43. The predicted octanol–water partition coefficient (Wildman–Crippen LogP) is 2.53. The van der Waals surface area contributed by atoms with Crippen LogP contribution in [-0.4, -0.2) is 40.3 Å². The summed E-state index contributed by atoms with van der Waals surface area (Å²) in [5.74, 6) is 0. The molecule has 1 fully saturated rings. The topological polar surface area (TPSA) is 85.2 Å². The Labute approximate surface area is 158 Å². The Morgan fingerprint density at radius 1 is 1.15 bits per heavy atom. The van der Waals surface area contributed by atoms with Crippen LogP contribution in [0.1, 0.15) is 18.9 Å². The number of pyridine rings is 1. The smallest absolute Gasteiger partial charge is 0.263 e. The van der Waals surface area contributed by atoms with Crippen molar-refractivity contribution in [1.29, 1.82) is 0 Å². The van der Waals surface area contributed by atoms with E-state index >= 15 is 0 Å². The van der Waals surface area contributed by atoms with E-state index in [0.717, 1.165) is 11.3 Å². The van der Waals surface area contributed by atoms with Gasteiger partial charge in [0.2, 0.25) is 0 Å². The van der Waals surface area contributed by atoms with Crippen molar-refractivity contribution in [1.82, 2.24) is 18.8 Å². The van der Waals surface area contributed by atoms with Crippen LogP contribution in [0.2, 0.25) is 4.34 Å². The molecular formula is C16H15ClN4O3S2. The standard InChI is InChI=1S/C16H15ClN4O3S2/c17-13-3-4-14(25-13)26(23,24)20-8-5-11(6-9-20)21-10-19-15-12(16(21)22)2-1-7-18-15/h1-4,7,10-11H,5-6,8-9H2. The van der Waals surface area contributed by atoms with Gasteiger partial charge in [0.25, 0.3) is 15.6 Å². The largest absolute Gasteiger partial charge is 0.295 e. The van der Waals surface area contributed by atoms with E-state index in [2.05, 4.69) is 9.97 Å². The lowest BCUT2D eigenvalue weighted by molar-refractivity contribution is 0.270. The molecule has 10 heteroatoms. The summed E-state index contributed by atoms with van der Waals surface area (Å²) in [5.41, 5.74) is 0.276. The molecule has 0 unspecified atom stereocenters. The van der Waals surface area contributed by atoms with Crippen molar-refractivity contribution in [3.05, 3.63) is 51.5 Å². The molecule has 0 saturated carbocycles.